The van der Waals surface area contributed by atoms with Gasteiger partial charge >= 0.3 is 0 Å². The number of nitrogens with zero attached hydrogens (tertiary/aromatic N) is 1. The number of halogens is 2. The van der Waals surface area contributed by atoms with Crippen molar-refractivity contribution in [2.75, 3.05) is 6.61 Å². The molecule has 0 aliphatic rings. The molecule has 2 nitrogen and oxygen atoms in total. The van der Waals surface area contributed by atoms with Crippen LogP contribution in [0.2, 0.25) is 10.0 Å². The molecule has 3 aromatic rings. The van der Waals surface area contributed by atoms with Crippen molar-refractivity contribution in [3.8, 4) is 28.3 Å². The lowest BCUT2D eigenvalue weighted by Gasteiger charge is -2.10. The molecule has 116 valence electrons. The molecule has 0 unspecified atom stereocenters. The molecular formula is C19H15Cl2NO. The Bertz CT molecular complexity index is 816. The minimum atomic E-state index is 0.596. The summed E-state index contributed by atoms with van der Waals surface area (Å²) in [5.74, 6) is 0.780. The molecule has 23 heavy (non-hydrogen) atoms. The quantitative estimate of drug-likeness (QED) is 0.569. The fraction of sp³-hybridized carbons (Fsp3) is 0.105. The zero-order valence-corrected chi connectivity index (χ0v) is 14.1. The van der Waals surface area contributed by atoms with Crippen molar-refractivity contribution in [3.63, 3.8) is 0 Å². The fourth-order valence-corrected chi connectivity index (χ4v) is 2.64. The third-order valence-corrected chi connectivity index (χ3v) is 3.86. The summed E-state index contributed by atoms with van der Waals surface area (Å²) in [7, 11) is 0. The lowest BCUT2D eigenvalue weighted by molar-refractivity contribution is 0.340. The maximum atomic E-state index is 6.10. The number of ether oxygens (including phenoxy) is 1. The summed E-state index contributed by atoms with van der Waals surface area (Å²) in [6.45, 7) is 2.56. The van der Waals surface area contributed by atoms with Crippen molar-refractivity contribution >= 4 is 23.2 Å². The number of aromatic nitrogens is 1. The van der Waals surface area contributed by atoms with E-state index in [-0.39, 0.29) is 0 Å². The van der Waals surface area contributed by atoms with Crippen LogP contribution in [0, 0.1) is 0 Å². The lowest BCUT2D eigenvalue weighted by Crippen LogP contribution is -1.95. The topological polar surface area (TPSA) is 22.1 Å². The highest BCUT2D eigenvalue weighted by Gasteiger charge is 2.08. The Hall–Kier alpha value is -2.03. The van der Waals surface area contributed by atoms with Crippen LogP contribution in [0.4, 0.5) is 0 Å². The van der Waals surface area contributed by atoms with Gasteiger partial charge in [-0.3, -0.25) is 0 Å². The highest BCUT2D eigenvalue weighted by atomic mass is 35.5. The van der Waals surface area contributed by atoms with E-state index in [1.807, 2.05) is 67.6 Å². The molecule has 0 atom stereocenters. The normalized spacial score (nSPS) is 10.6. The Kier molecular flexibility index (Phi) is 4.85. The van der Waals surface area contributed by atoms with E-state index in [9.17, 15) is 0 Å². The molecule has 0 radical (unpaired) electrons. The predicted molar refractivity (Wildman–Crippen MR) is 96.3 cm³/mol. The van der Waals surface area contributed by atoms with Crippen LogP contribution in [0.3, 0.4) is 0 Å². The second kappa shape index (κ2) is 7.03. The molecule has 0 saturated carbocycles. The first-order chi connectivity index (χ1) is 11.2. The molecule has 0 saturated heterocycles. The zero-order chi connectivity index (χ0) is 16.2. The summed E-state index contributed by atoms with van der Waals surface area (Å²) in [5.41, 5.74) is 3.60. The molecule has 1 heterocycles. The first-order valence-corrected chi connectivity index (χ1v) is 8.08. The van der Waals surface area contributed by atoms with Crippen molar-refractivity contribution in [2.45, 2.75) is 6.92 Å². The van der Waals surface area contributed by atoms with Gasteiger partial charge in [-0.2, -0.15) is 0 Å². The van der Waals surface area contributed by atoms with Crippen LogP contribution in [-0.4, -0.2) is 11.6 Å². The fourth-order valence-electron chi connectivity index (χ4n) is 2.32. The van der Waals surface area contributed by atoms with E-state index >= 15 is 0 Å². The minimum Gasteiger partial charge on any atom is -0.494 e. The average molecular weight is 344 g/mol. The van der Waals surface area contributed by atoms with Crippen LogP contribution in [0.5, 0.6) is 5.75 Å². The largest absolute Gasteiger partial charge is 0.494 e. The molecule has 0 spiro atoms. The van der Waals surface area contributed by atoms with Gasteiger partial charge in [0, 0.05) is 33.3 Å². The van der Waals surface area contributed by atoms with Crippen LogP contribution in [0.25, 0.3) is 22.5 Å². The van der Waals surface area contributed by atoms with Crippen LogP contribution in [-0.2, 0) is 0 Å². The molecule has 2 aromatic carbocycles. The van der Waals surface area contributed by atoms with Crippen molar-refractivity contribution < 1.29 is 4.74 Å². The van der Waals surface area contributed by atoms with Gasteiger partial charge in [-0.25, -0.2) is 4.98 Å². The summed E-state index contributed by atoms with van der Waals surface area (Å²) < 4.78 is 5.69. The molecule has 0 fully saturated rings. The average Bonchev–Trinajstić information content (AvgIpc) is 2.55. The van der Waals surface area contributed by atoms with Crippen LogP contribution in [0.1, 0.15) is 6.92 Å². The van der Waals surface area contributed by atoms with Gasteiger partial charge in [0.15, 0.2) is 0 Å². The van der Waals surface area contributed by atoms with E-state index in [1.165, 1.54) is 0 Å². The van der Waals surface area contributed by atoms with E-state index in [2.05, 4.69) is 0 Å². The summed E-state index contributed by atoms with van der Waals surface area (Å²) >= 11 is 12.1. The standard InChI is InChI=1S/C19H15Cl2NO/c1-2-23-17-11-18(13-6-8-15(20)9-7-13)22-19(12-17)14-4-3-5-16(21)10-14/h3-12H,2H2,1H3. The van der Waals surface area contributed by atoms with Crippen molar-refractivity contribution in [2.24, 2.45) is 0 Å². The SMILES string of the molecule is CCOc1cc(-c2ccc(Cl)cc2)nc(-c2cccc(Cl)c2)c1. The maximum Gasteiger partial charge on any atom is 0.123 e. The second-order valence-electron chi connectivity index (χ2n) is 5.02. The van der Waals surface area contributed by atoms with Gasteiger partial charge in [-0.1, -0.05) is 47.5 Å². The molecule has 0 N–H and O–H groups in total. The van der Waals surface area contributed by atoms with Gasteiger partial charge in [-0.15, -0.1) is 0 Å². The number of benzene rings is 2. The molecule has 1 aromatic heterocycles. The number of hydrogen-bond acceptors (Lipinski definition) is 2. The monoisotopic (exact) mass is 343 g/mol. The van der Waals surface area contributed by atoms with Crippen LogP contribution >= 0.6 is 23.2 Å². The van der Waals surface area contributed by atoms with E-state index in [4.69, 9.17) is 32.9 Å². The van der Waals surface area contributed by atoms with Gasteiger partial charge in [-0.05, 0) is 31.2 Å². The molecule has 0 bridgehead atoms. The third-order valence-electron chi connectivity index (χ3n) is 3.37. The van der Waals surface area contributed by atoms with E-state index in [1.54, 1.807) is 0 Å². The van der Waals surface area contributed by atoms with Gasteiger partial charge in [0.1, 0.15) is 5.75 Å². The lowest BCUT2D eigenvalue weighted by atomic mass is 10.1. The van der Waals surface area contributed by atoms with Crippen molar-refractivity contribution in [3.05, 3.63) is 70.7 Å². The number of pyridine rings is 1. The molecule has 0 amide bonds. The Morgan fingerprint density at radius 3 is 2.17 bits per heavy atom. The summed E-state index contributed by atoms with van der Waals surface area (Å²) in [5, 5.41) is 1.38. The summed E-state index contributed by atoms with van der Waals surface area (Å²) in [4.78, 5) is 4.75. The minimum absolute atomic E-state index is 0.596. The Balaban J connectivity index is 2.11. The first kappa shape index (κ1) is 15.9. The van der Waals surface area contributed by atoms with E-state index in [0.717, 1.165) is 28.3 Å². The third kappa shape index (κ3) is 3.84. The molecule has 4 heteroatoms. The summed E-state index contributed by atoms with van der Waals surface area (Å²) in [6, 6.07) is 19.1. The van der Waals surface area contributed by atoms with Gasteiger partial charge in [0.05, 0.1) is 18.0 Å². The second-order valence-corrected chi connectivity index (χ2v) is 5.90. The van der Waals surface area contributed by atoms with Gasteiger partial charge in [0.25, 0.3) is 0 Å². The van der Waals surface area contributed by atoms with Crippen molar-refractivity contribution in [1.29, 1.82) is 0 Å². The molecule has 0 aliphatic heterocycles. The molecule has 0 aliphatic carbocycles. The Morgan fingerprint density at radius 1 is 0.826 bits per heavy atom. The Morgan fingerprint density at radius 2 is 1.52 bits per heavy atom. The Labute approximate surface area is 145 Å². The predicted octanol–water partition coefficient (Wildman–Crippen LogP) is 6.12. The van der Waals surface area contributed by atoms with Crippen molar-refractivity contribution in [1.82, 2.24) is 4.98 Å². The molecule has 3 rings (SSSR count). The smallest absolute Gasteiger partial charge is 0.123 e. The van der Waals surface area contributed by atoms with Gasteiger partial charge < -0.3 is 4.74 Å². The first-order valence-electron chi connectivity index (χ1n) is 7.32. The summed E-state index contributed by atoms with van der Waals surface area (Å²) in [6.07, 6.45) is 0. The van der Waals surface area contributed by atoms with Crippen LogP contribution < -0.4 is 4.74 Å². The highest BCUT2D eigenvalue weighted by molar-refractivity contribution is 6.31. The molecular weight excluding hydrogens is 329 g/mol. The highest BCUT2D eigenvalue weighted by Crippen LogP contribution is 2.30. The van der Waals surface area contributed by atoms with Gasteiger partial charge in [0.2, 0.25) is 0 Å². The van der Waals surface area contributed by atoms with E-state index < -0.39 is 0 Å². The number of hydrogen-bond donors (Lipinski definition) is 0. The van der Waals surface area contributed by atoms with Crippen LogP contribution in [0.15, 0.2) is 60.7 Å². The maximum absolute atomic E-state index is 6.10. The zero-order valence-electron chi connectivity index (χ0n) is 12.6. The van der Waals surface area contributed by atoms with E-state index in [0.29, 0.717) is 16.7 Å². The number of rotatable bonds is 4.